The average Bonchev–Trinajstić information content (AvgIpc) is 2.70. The SMILES string of the molecule is Cc1nc(CCN)sc1Cc1ccccc1C(F)(F)F. The molecule has 0 aliphatic rings. The Bertz CT molecular complexity index is 590. The number of nitrogens with zero attached hydrogens (tertiary/aromatic N) is 1. The van der Waals surface area contributed by atoms with Crippen LogP contribution in [0.3, 0.4) is 0 Å². The van der Waals surface area contributed by atoms with Crippen LogP contribution in [0.5, 0.6) is 0 Å². The molecule has 2 aromatic rings. The lowest BCUT2D eigenvalue weighted by atomic mass is 10.0. The fourth-order valence-electron chi connectivity index (χ4n) is 2.01. The lowest BCUT2D eigenvalue weighted by molar-refractivity contribution is -0.138. The molecule has 2 N–H and O–H groups in total. The molecule has 0 saturated carbocycles. The summed E-state index contributed by atoms with van der Waals surface area (Å²) >= 11 is 1.44. The maximum atomic E-state index is 12.9. The lowest BCUT2D eigenvalue weighted by Crippen LogP contribution is -2.09. The van der Waals surface area contributed by atoms with E-state index in [4.69, 9.17) is 5.73 Å². The van der Waals surface area contributed by atoms with Gasteiger partial charge in [-0.2, -0.15) is 13.2 Å². The lowest BCUT2D eigenvalue weighted by Gasteiger charge is -2.11. The molecule has 0 fully saturated rings. The highest BCUT2D eigenvalue weighted by molar-refractivity contribution is 7.11. The van der Waals surface area contributed by atoms with Crippen molar-refractivity contribution in [1.29, 1.82) is 0 Å². The van der Waals surface area contributed by atoms with Crippen molar-refractivity contribution in [2.75, 3.05) is 6.54 Å². The van der Waals surface area contributed by atoms with E-state index in [2.05, 4.69) is 4.98 Å². The molecule has 6 heteroatoms. The number of hydrogen-bond donors (Lipinski definition) is 1. The summed E-state index contributed by atoms with van der Waals surface area (Å²) in [5, 5.41) is 0.879. The molecule has 108 valence electrons. The van der Waals surface area contributed by atoms with Crippen LogP contribution < -0.4 is 5.73 Å². The first-order chi connectivity index (χ1) is 9.41. The second-order valence-electron chi connectivity index (χ2n) is 4.49. The van der Waals surface area contributed by atoms with Crippen LogP contribution in [-0.2, 0) is 19.0 Å². The van der Waals surface area contributed by atoms with Crippen molar-refractivity contribution in [3.8, 4) is 0 Å². The van der Waals surface area contributed by atoms with Crippen molar-refractivity contribution in [3.63, 3.8) is 0 Å². The van der Waals surface area contributed by atoms with Crippen molar-refractivity contribution in [2.45, 2.75) is 25.9 Å². The van der Waals surface area contributed by atoms with E-state index in [0.29, 0.717) is 13.0 Å². The molecule has 2 nitrogen and oxygen atoms in total. The number of nitrogens with two attached hydrogens (primary N) is 1. The van der Waals surface area contributed by atoms with E-state index in [9.17, 15) is 13.2 Å². The molecule has 0 atom stereocenters. The first-order valence-corrected chi connectivity index (χ1v) is 7.04. The molecule has 1 heterocycles. The van der Waals surface area contributed by atoms with E-state index in [0.717, 1.165) is 21.6 Å². The van der Waals surface area contributed by atoms with Crippen molar-refractivity contribution in [2.24, 2.45) is 5.73 Å². The number of aryl methyl sites for hydroxylation is 1. The zero-order valence-electron chi connectivity index (χ0n) is 11.0. The second kappa shape index (κ2) is 5.93. The Morgan fingerprint density at radius 1 is 1.25 bits per heavy atom. The predicted molar refractivity (Wildman–Crippen MR) is 73.9 cm³/mol. The third-order valence-corrected chi connectivity index (χ3v) is 4.19. The van der Waals surface area contributed by atoms with E-state index in [-0.39, 0.29) is 12.0 Å². The van der Waals surface area contributed by atoms with Gasteiger partial charge in [-0.05, 0) is 25.1 Å². The van der Waals surface area contributed by atoms with Crippen molar-refractivity contribution in [3.05, 3.63) is 51.0 Å². The first kappa shape index (κ1) is 15.0. The van der Waals surface area contributed by atoms with Crippen LogP contribution in [0.15, 0.2) is 24.3 Å². The Balaban J connectivity index is 2.31. The zero-order valence-corrected chi connectivity index (χ0v) is 11.8. The summed E-state index contributed by atoms with van der Waals surface area (Å²) < 4.78 is 38.8. The molecule has 2 rings (SSSR count). The number of halogens is 3. The molecule has 20 heavy (non-hydrogen) atoms. The standard InChI is InChI=1S/C14H15F3N2S/c1-9-12(20-13(19-9)6-7-18)8-10-4-2-3-5-11(10)14(15,16)17/h2-5H,6-8,18H2,1H3. The van der Waals surface area contributed by atoms with Crippen LogP contribution in [0.25, 0.3) is 0 Å². The topological polar surface area (TPSA) is 38.9 Å². The third-order valence-electron chi connectivity index (χ3n) is 2.97. The molecule has 0 aliphatic heterocycles. The van der Waals surface area contributed by atoms with Gasteiger partial charge in [-0.3, -0.25) is 0 Å². The molecule has 0 aliphatic carbocycles. The highest BCUT2D eigenvalue weighted by Crippen LogP contribution is 2.34. The Morgan fingerprint density at radius 3 is 2.60 bits per heavy atom. The summed E-state index contributed by atoms with van der Waals surface area (Å²) in [5.74, 6) is 0. The van der Waals surface area contributed by atoms with Crippen LogP contribution in [-0.4, -0.2) is 11.5 Å². The zero-order chi connectivity index (χ0) is 14.8. The summed E-state index contributed by atoms with van der Waals surface area (Å²) in [6.07, 6.45) is -3.41. The molecule has 0 saturated heterocycles. The van der Waals surface area contributed by atoms with Crippen LogP contribution in [0.4, 0.5) is 13.2 Å². The number of thiazole rings is 1. The highest BCUT2D eigenvalue weighted by atomic mass is 32.1. The van der Waals surface area contributed by atoms with Gasteiger partial charge >= 0.3 is 6.18 Å². The number of rotatable bonds is 4. The Kier molecular flexibility index (Phi) is 4.45. The fraction of sp³-hybridized carbons (Fsp3) is 0.357. The minimum absolute atomic E-state index is 0.254. The largest absolute Gasteiger partial charge is 0.416 e. The van der Waals surface area contributed by atoms with Crippen LogP contribution in [0.2, 0.25) is 0 Å². The van der Waals surface area contributed by atoms with E-state index < -0.39 is 11.7 Å². The summed E-state index contributed by atoms with van der Waals surface area (Å²) in [7, 11) is 0. The van der Waals surface area contributed by atoms with Crippen molar-refractivity contribution in [1.82, 2.24) is 4.98 Å². The molecule has 0 unspecified atom stereocenters. The summed E-state index contributed by atoms with van der Waals surface area (Å²) in [5.41, 5.74) is 5.97. The maximum absolute atomic E-state index is 12.9. The van der Waals surface area contributed by atoms with Gasteiger partial charge in [-0.15, -0.1) is 11.3 Å². The second-order valence-corrected chi connectivity index (χ2v) is 5.65. The first-order valence-electron chi connectivity index (χ1n) is 6.22. The van der Waals surface area contributed by atoms with Gasteiger partial charge in [0.05, 0.1) is 16.3 Å². The molecular weight excluding hydrogens is 285 g/mol. The summed E-state index contributed by atoms with van der Waals surface area (Å²) in [4.78, 5) is 5.21. The van der Waals surface area contributed by atoms with Gasteiger partial charge < -0.3 is 5.73 Å². The van der Waals surface area contributed by atoms with Crippen LogP contribution in [0.1, 0.15) is 26.7 Å². The van der Waals surface area contributed by atoms with Gasteiger partial charge in [0.1, 0.15) is 0 Å². The molecular formula is C14H15F3N2S. The van der Waals surface area contributed by atoms with Gasteiger partial charge in [0.2, 0.25) is 0 Å². The molecule has 1 aromatic heterocycles. The van der Waals surface area contributed by atoms with Gasteiger partial charge in [0.25, 0.3) is 0 Å². The Hall–Kier alpha value is -1.40. The van der Waals surface area contributed by atoms with E-state index in [1.807, 2.05) is 6.92 Å². The third kappa shape index (κ3) is 3.37. The minimum Gasteiger partial charge on any atom is -0.330 e. The van der Waals surface area contributed by atoms with E-state index >= 15 is 0 Å². The number of benzene rings is 1. The number of alkyl halides is 3. The van der Waals surface area contributed by atoms with Gasteiger partial charge in [-0.1, -0.05) is 18.2 Å². The van der Waals surface area contributed by atoms with Gasteiger partial charge in [0.15, 0.2) is 0 Å². The van der Waals surface area contributed by atoms with Gasteiger partial charge in [-0.25, -0.2) is 4.98 Å². The monoisotopic (exact) mass is 300 g/mol. The Labute approximate surface area is 119 Å². The van der Waals surface area contributed by atoms with Crippen LogP contribution in [0, 0.1) is 6.92 Å². The van der Waals surface area contributed by atoms with E-state index in [1.54, 1.807) is 6.07 Å². The maximum Gasteiger partial charge on any atom is 0.416 e. The normalized spacial score (nSPS) is 11.8. The summed E-state index contributed by atoms with van der Waals surface area (Å²) in [6, 6.07) is 5.67. The smallest absolute Gasteiger partial charge is 0.330 e. The molecule has 0 spiro atoms. The van der Waals surface area contributed by atoms with Crippen molar-refractivity contribution >= 4 is 11.3 Å². The van der Waals surface area contributed by atoms with Crippen LogP contribution >= 0.6 is 11.3 Å². The molecule has 0 radical (unpaired) electrons. The van der Waals surface area contributed by atoms with Gasteiger partial charge in [0, 0.05) is 17.7 Å². The quantitative estimate of drug-likeness (QED) is 0.937. The number of aromatic nitrogens is 1. The highest BCUT2D eigenvalue weighted by Gasteiger charge is 2.33. The average molecular weight is 300 g/mol. The Morgan fingerprint density at radius 2 is 1.95 bits per heavy atom. The molecule has 1 aromatic carbocycles. The fourth-order valence-corrected chi connectivity index (χ4v) is 3.11. The molecule has 0 amide bonds. The minimum atomic E-state index is -4.32. The summed E-state index contributed by atoms with van der Waals surface area (Å²) in [6.45, 7) is 2.31. The number of hydrogen-bond acceptors (Lipinski definition) is 3. The molecule has 0 bridgehead atoms. The van der Waals surface area contributed by atoms with E-state index in [1.165, 1.54) is 23.5 Å². The predicted octanol–water partition coefficient (Wildman–Crippen LogP) is 3.56. The van der Waals surface area contributed by atoms with Crippen molar-refractivity contribution < 1.29 is 13.2 Å².